The number of nitriles is 1. The van der Waals surface area contributed by atoms with Crippen LogP contribution in [0.4, 0.5) is 5.00 Å². The minimum Gasteiger partial charge on any atom is -0.481 e. The topological polar surface area (TPSA) is 90.2 Å². The summed E-state index contributed by atoms with van der Waals surface area (Å²) >= 11 is 1.54. The minimum atomic E-state index is -0.886. The van der Waals surface area contributed by atoms with Gasteiger partial charge in [0.1, 0.15) is 11.1 Å². The maximum absolute atomic E-state index is 12.9. The summed E-state index contributed by atoms with van der Waals surface area (Å²) < 4.78 is 0. The third-order valence-corrected chi connectivity index (χ3v) is 7.65. The van der Waals surface area contributed by atoms with E-state index in [2.05, 4.69) is 11.4 Å². The highest BCUT2D eigenvalue weighted by Crippen LogP contribution is 2.37. The fourth-order valence-electron chi connectivity index (χ4n) is 4.78. The lowest BCUT2D eigenvalue weighted by Crippen LogP contribution is -2.36. The summed E-state index contributed by atoms with van der Waals surface area (Å²) in [6.07, 6.45) is 14.5. The van der Waals surface area contributed by atoms with Gasteiger partial charge in [-0.1, -0.05) is 51.4 Å². The summed E-state index contributed by atoms with van der Waals surface area (Å²) in [6.45, 7) is 0. The maximum atomic E-state index is 12.9. The second-order valence-electron chi connectivity index (χ2n) is 8.47. The molecule has 0 spiro atoms. The van der Waals surface area contributed by atoms with Gasteiger partial charge < -0.3 is 10.4 Å². The molecule has 2 aliphatic rings. The predicted octanol–water partition coefficient (Wildman–Crippen LogP) is 5.67. The number of carboxylic acids is 1. The molecular formula is C23H32N2O3S. The van der Waals surface area contributed by atoms with Crippen LogP contribution >= 0.6 is 11.3 Å². The number of aryl methyl sites for hydroxylation is 1. The molecule has 29 heavy (non-hydrogen) atoms. The number of hydrogen-bond acceptors (Lipinski definition) is 4. The van der Waals surface area contributed by atoms with Crippen molar-refractivity contribution in [2.75, 3.05) is 5.32 Å². The summed E-state index contributed by atoms with van der Waals surface area (Å²) in [5.41, 5.74) is 1.73. The molecule has 0 bridgehead atoms. The van der Waals surface area contributed by atoms with Crippen molar-refractivity contribution in [1.82, 2.24) is 0 Å². The van der Waals surface area contributed by atoms with Crippen molar-refractivity contribution in [1.29, 1.82) is 5.26 Å². The van der Waals surface area contributed by atoms with Crippen LogP contribution in [0.3, 0.4) is 0 Å². The van der Waals surface area contributed by atoms with Crippen LogP contribution in [0.2, 0.25) is 0 Å². The van der Waals surface area contributed by atoms with Gasteiger partial charge in [0, 0.05) is 4.88 Å². The van der Waals surface area contributed by atoms with Gasteiger partial charge >= 0.3 is 5.97 Å². The molecule has 0 saturated heterocycles. The fourth-order valence-corrected chi connectivity index (χ4v) is 6.02. The minimum absolute atomic E-state index is 0.231. The number of carbonyl (C=O) groups is 2. The van der Waals surface area contributed by atoms with Crippen LogP contribution in [0.15, 0.2) is 0 Å². The lowest BCUT2D eigenvalue weighted by molar-refractivity contribution is -0.147. The first-order valence-corrected chi connectivity index (χ1v) is 12.0. The summed E-state index contributed by atoms with van der Waals surface area (Å²) in [6, 6.07) is 2.34. The van der Waals surface area contributed by atoms with Gasteiger partial charge in [0.2, 0.25) is 5.91 Å². The molecule has 3 rings (SSSR count). The van der Waals surface area contributed by atoms with Crippen molar-refractivity contribution >= 4 is 28.2 Å². The van der Waals surface area contributed by atoms with E-state index in [1.165, 1.54) is 54.7 Å². The van der Waals surface area contributed by atoms with Gasteiger partial charge in [-0.25, -0.2) is 0 Å². The van der Waals surface area contributed by atoms with Crippen LogP contribution in [-0.2, 0) is 22.4 Å². The van der Waals surface area contributed by atoms with Crippen molar-refractivity contribution in [2.24, 2.45) is 11.8 Å². The van der Waals surface area contributed by atoms with Gasteiger partial charge in [-0.2, -0.15) is 5.26 Å². The SMILES string of the molecule is N#Cc1c(NC(=O)[C@H]2CCCC[C@@H]2C(=O)O)sc2c1CCCCCCCCCC2. The Morgan fingerprint density at radius 2 is 1.48 bits per heavy atom. The lowest BCUT2D eigenvalue weighted by Gasteiger charge is -2.27. The van der Waals surface area contributed by atoms with Crippen molar-refractivity contribution in [3.05, 3.63) is 16.0 Å². The highest BCUT2D eigenvalue weighted by atomic mass is 32.1. The smallest absolute Gasteiger partial charge is 0.307 e. The molecule has 2 atom stereocenters. The zero-order valence-corrected chi connectivity index (χ0v) is 18.0. The van der Waals surface area contributed by atoms with Gasteiger partial charge in [0.15, 0.2) is 0 Å². The van der Waals surface area contributed by atoms with E-state index in [4.69, 9.17) is 0 Å². The Hall–Kier alpha value is -1.87. The molecule has 5 nitrogen and oxygen atoms in total. The normalized spacial score (nSPS) is 23.7. The highest BCUT2D eigenvalue weighted by Gasteiger charge is 2.36. The lowest BCUT2D eigenvalue weighted by atomic mass is 9.79. The number of hydrogen-bond donors (Lipinski definition) is 2. The molecule has 2 aliphatic carbocycles. The molecule has 6 heteroatoms. The van der Waals surface area contributed by atoms with E-state index in [9.17, 15) is 20.0 Å². The molecule has 0 unspecified atom stereocenters. The second kappa shape index (κ2) is 10.8. The van der Waals surface area contributed by atoms with Gasteiger partial charge in [0.25, 0.3) is 0 Å². The summed E-state index contributed by atoms with van der Waals surface area (Å²) in [4.78, 5) is 25.7. The van der Waals surface area contributed by atoms with Crippen molar-refractivity contribution in [3.63, 3.8) is 0 Å². The Morgan fingerprint density at radius 3 is 2.10 bits per heavy atom. The van der Waals surface area contributed by atoms with Gasteiger partial charge in [0.05, 0.1) is 17.4 Å². The van der Waals surface area contributed by atoms with E-state index in [1.807, 2.05) is 0 Å². The fraction of sp³-hybridized carbons (Fsp3) is 0.696. The molecular weight excluding hydrogens is 384 g/mol. The van der Waals surface area contributed by atoms with E-state index in [-0.39, 0.29) is 5.91 Å². The number of nitrogens with one attached hydrogen (secondary N) is 1. The van der Waals surface area contributed by atoms with Crippen LogP contribution in [0.1, 0.15) is 93.1 Å². The summed E-state index contributed by atoms with van der Waals surface area (Å²) in [5, 5.41) is 22.9. The standard InChI is InChI=1S/C23H32N2O3S/c24-15-19-16-11-7-5-3-1-2-4-6-8-14-20(16)29-22(19)25-21(26)17-12-9-10-13-18(17)23(27)28/h17-18H,1-14H2,(H,25,26)(H,27,28)/t17-,18-/m0/s1. The molecule has 1 heterocycles. The maximum Gasteiger partial charge on any atom is 0.307 e. The Balaban J connectivity index is 1.79. The number of fused-ring (bicyclic) bond motifs is 1. The summed E-state index contributed by atoms with van der Waals surface area (Å²) in [5.74, 6) is -2.24. The van der Waals surface area contributed by atoms with Gasteiger partial charge in [-0.05, 0) is 44.1 Å². The Kier molecular flexibility index (Phi) is 8.11. The van der Waals surface area contributed by atoms with Crippen molar-refractivity contribution < 1.29 is 14.7 Å². The van der Waals surface area contributed by atoms with Gasteiger partial charge in [-0.15, -0.1) is 11.3 Å². The van der Waals surface area contributed by atoms with Crippen LogP contribution in [0, 0.1) is 23.2 Å². The molecule has 2 N–H and O–H groups in total. The molecule has 0 radical (unpaired) electrons. The molecule has 1 fully saturated rings. The van der Waals surface area contributed by atoms with Crippen LogP contribution in [0.5, 0.6) is 0 Å². The number of rotatable bonds is 3. The average Bonchev–Trinajstić information content (AvgIpc) is 3.03. The molecule has 1 aromatic rings. The molecule has 1 aromatic heterocycles. The summed E-state index contributed by atoms with van der Waals surface area (Å²) in [7, 11) is 0. The zero-order chi connectivity index (χ0) is 20.6. The van der Waals surface area contributed by atoms with E-state index < -0.39 is 17.8 Å². The van der Waals surface area contributed by atoms with E-state index >= 15 is 0 Å². The molecule has 1 saturated carbocycles. The molecule has 0 aromatic carbocycles. The first-order valence-electron chi connectivity index (χ1n) is 11.2. The van der Waals surface area contributed by atoms with E-state index in [0.717, 1.165) is 44.1 Å². The van der Waals surface area contributed by atoms with Crippen LogP contribution < -0.4 is 5.32 Å². The number of aliphatic carboxylic acids is 1. The number of carboxylic acid groups (broad SMARTS) is 1. The number of anilines is 1. The molecule has 0 aliphatic heterocycles. The van der Waals surface area contributed by atoms with Crippen LogP contribution in [0.25, 0.3) is 0 Å². The average molecular weight is 417 g/mol. The predicted molar refractivity (Wildman–Crippen MR) is 115 cm³/mol. The first kappa shape index (κ1) is 21.8. The Morgan fingerprint density at radius 1 is 0.897 bits per heavy atom. The van der Waals surface area contributed by atoms with Crippen molar-refractivity contribution in [3.8, 4) is 6.07 Å². The van der Waals surface area contributed by atoms with Crippen LogP contribution in [-0.4, -0.2) is 17.0 Å². The zero-order valence-electron chi connectivity index (χ0n) is 17.2. The third-order valence-electron chi connectivity index (χ3n) is 6.44. The number of thiophene rings is 1. The van der Waals surface area contributed by atoms with Crippen molar-refractivity contribution in [2.45, 2.75) is 89.9 Å². The highest BCUT2D eigenvalue weighted by molar-refractivity contribution is 7.16. The van der Waals surface area contributed by atoms with E-state index in [0.29, 0.717) is 23.4 Å². The number of carbonyl (C=O) groups excluding carboxylic acids is 1. The van der Waals surface area contributed by atoms with E-state index in [1.54, 1.807) is 0 Å². The number of amides is 1. The number of nitrogens with zero attached hydrogens (tertiary/aromatic N) is 1. The van der Waals surface area contributed by atoms with Gasteiger partial charge in [-0.3, -0.25) is 9.59 Å². The first-order chi connectivity index (χ1) is 14.1. The Labute approximate surface area is 177 Å². The largest absolute Gasteiger partial charge is 0.481 e. The second-order valence-corrected chi connectivity index (χ2v) is 9.58. The molecule has 1 amide bonds. The third kappa shape index (κ3) is 5.60. The quantitative estimate of drug-likeness (QED) is 0.664. The molecule has 158 valence electrons. The monoisotopic (exact) mass is 416 g/mol. The Bertz CT molecular complexity index is 765.